The van der Waals surface area contributed by atoms with Crippen molar-refractivity contribution in [2.75, 3.05) is 6.54 Å². The van der Waals surface area contributed by atoms with Crippen molar-refractivity contribution in [3.05, 3.63) is 34.9 Å². The van der Waals surface area contributed by atoms with Crippen LogP contribution in [0.4, 0.5) is 0 Å². The molecule has 2 N–H and O–H groups in total. The molecule has 1 aromatic rings. The number of thioether (sulfide) groups is 1. The van der Waals surface area contributed by atoms with Gasteiger partial charge in [-0.15, -0.1) is 0 Å². The van der Waals surface area contributed by atoms with Crippen molar-refractivity contribution in [2.24, 2.45) is 5.73 Å². The first kappa shape index (κ1) is 11.9. The molecule has 0 heterocycles. The molecule has 1 unspecified atom stereocenters. The summed E-state index contributed by atoms with van der Waals surface area (Å²) < 4.78 is 0. The number of nitrogens with two attached hydrogens (primary N) is 1. The number of benzene rings is 1. The molecular formula is C11H16ClNS. The maximum Gasteiger partial charge on any atom is 0.0406 e. The van der Waals surface area contributed by atoms with Crippen molar-refractivity contribution < 1.29 is 0 Å². The van der Waals surface area contributed by atoms with Gasteiger partial charge < -0.3 is 5.73 Å². The summed E-state index contributed by atoms with van der Waals surface area (Å²) in [6.45, 7) is 2.99. The van der Waals surface area contributed by atoms with Gasteiger partial charge in [-0.1, -0.05) is 30.7 Å². The third-order valence-corrected chi connectivity index (χ3v) is 3.58. The van der Waals surface area contributed by atoms with Crippen LogP contribution in [-0.2, 0) is 5.75 Å². The molecule has 1 atom stereocenters. The first-order valence-corrected chi connectivity index (χ1v) is 6.21. The van der Waals surface area contributed by atoms with E-state index in [0.717, 1.165) is 23.7 Å². The van der Waals surface area contributed by atoms with Crippen molar-refractivity contribution in [3.63, 3.8) is 0 Å². The molecule has 0 radical (unpaired) electrons. The first-order chi connectivity index (χ1) is 6.72. The van der Waals surface area contributed by atoms with Crippen LogP contribution in [0.3, 0.4) is 0 Å². The molecule has 0 aliphatic heterocycles. The van der Waals surface area contributed by atoms with Crippen molar-refractivity contribution in [1.82, 2.24) is 0 Å². The van der Waals surface area contributed by atoms with Gasteiger partial charge in [0.15, 0.2) is 0 Å². The number of hydrogen-bond donors (Lipinski definition) is 1. The Hall–Kier alpha value is -0.180. The third kappa shape index (κ3) is 4.36. The molecular weight excluding hydrogens is 214 g/mol. The summed E-state index contributed by atoms with van der Waals surface area (Å²) in [6.07, 6.45) is 1.08. The Morgan fingerprint density at radius 3 is 2.57 bits per heavy atom. The average molecular weight is 230 g/mol. The Balaban J connectivity index is 2.34. The lowest BCUT2D eigenvalue weighted by Gasteiger charge is -2.09. The van der Waals surface area contributed by atoms with Gasteiger partial charge in [0.1, 0.15) is 0 Å². The fourth-order valence-corrected chi connectivity index (χ4v) is 2.24. The Kier molecular flexibility index (Phi) is 5.38. The molecule has 1 rings (SSSR count). The molecule has 0 aromatic heterocycles. The van der Waals surface area contributed by atoms with Crippen LogP contribution in [0.15, 0.2) is 24.3 Å². The SMILES string of the molecule is CC(CCN)SCc1ccc(Cl)cc1. The van der Waals surface area contributed by atoms with Gasteiger partial charge in [-0.2, -0.15) is 11.8 Å². The summed E-state index contributed by atoms with van der Waals surface area (Å²) >= 11 is 7.74. The third-order valence-electron chi connectivity index (χ3n) is 2.02. The van der Waals surface area contributed by atoms with Gasteiger partial charge >= 0.3 is 0 Å². The van der Waals surface area contributed by atoms with Gasteiger partial charge in [-0.25, -0.2) is 0 Å². The largest absolute Gasteiger partial charge is 0.330 e. The van der Waals surface area contributed by atoms with E-state index >= 15 is 0 Å². The maximum absolute atomic E-state index is 5.80. The zero-order valence-electron chi connectivity index (χ0n) is 8.37. The molecule has 0 spiro atoms. The Morgan fingerprint density at radius 1 is 1.36 bits per heavy atom. The van der Waals surface area contributed by atoms with Crippen LogP contribution in [0.25, 0.3) is 0 Å². The highest BCUT2D eigenvalue weighted by Crippen LogP contribution is 2.20. The van der Waals surface area contributed by atoms with Crippen LogP contribution in [0.1, 0.15) is 18.9 Å². The van der Waals surface area contributed by atoms with Crippen molar-refractivity contribution in [2.45, 2.75) is 24.3 Å². The molecule has 0 saturated heterocycles. The van der Waals surface area contributed by atoms with Gasteiger partial charge in [0.2, 0.25) is 0 Å². The molecule has 3 heteroatoms. The van der Waals surface area contributed by atoms with E-state index in [1.54, 1.807) is 0 Å². The summed E-state index contributed by atoms with van der Waals surface area (Å²) in [5, 5.41) is 1.43. The predicted octanol–water partition coefficient (Wildman–Crippen LogP) is 3.31. The Bertz CT molecular complexity index is 260. The van der Waals surface area contributed by atoms with Gasteiger partial charge in [-0.05, 0) is 30.7 Å². The molecule has 0 amide bonds. The van der Waals surface area contributed by atoms with Crippen LogP contribution in [0.5, 0.6) is 0 Å². The molecule has 0 fully saturated rings. The highest BCUT2D eigenvalue weighted by Gasteiger charge is 2.01. The normalized spacial score (nSPS) is 12.8. The average Bonchev–Trinajstić information content (AvgIpc) is 2.17. The first-order valence-electron chi connectivity index (χ1n) is 4.78. The fourth-order valence-electron chi connectivity index (χ4n) is 1.14. The standard InChI is InChI=1S/C11H16ClNS/c1-9(6-7-13)14-8-10-2-4-11(12)5-3-10/h2-5,9H,6-8,13H2,1H3. The van der Waals surface area contributed by atoms with E-state index in [0.29, 0.717) is 5.25 Å². The summed E-state index contributed by atoms with van der Waals surface area (Å²) in [4.78, 5) is 0. The van der Waals surface area contributed by atoms with Crippen molar-refractivity contribution in [3.8, 4) is 0 Å². The van der Waals surface area contributed by atoms with E-state index < -0.39 is 0 Å². The topological polar surface area (TPSA) is 26.0 Å². The molecule has 0 aliphatic rings. The molecule has 1 nitrogen and oxygen atoms in total. The summed E-state index contributed by atoms with van der Waals surface area (Å²) in [5.41, 5.74) is 6.81. The summed E-state index contributed by atoms with van der Waals surface area (Å²) in [7, 11) is 0. The van der Waals surface area contributed by atoms with Crippen LogP contribution >= 0.6 is 23.4 Å². The second-order valence-electron chi connectivity index (χ2n) is 3.33. The Morgan fingerprint density at radius 2 is 2.00 bits per heavy atom. The quantitative estimate of drug-likeness (QED) is 0.839. The monoisotopic (exact) mass is 229 g/mol. The predicted molar refractivity (Wildman–Crippen MR) is 65.9 cm³/mol. The number of hydrogen-bond acceptors (Lipinski definition) is 2. The van der Waals surface area contributed by atoms with Crippen LogP contribution in [-0.4, -0.2) is 11.8 Å². The molecule has 0 bridgehead atoms. The van der Waals surface area contributed by atoms with Gasteiger partial charge in [0.25, 0.3) is 0 Å². The smallest absolute Gasteiger partial charge is 0.0406 e. The van der Waals surface area contributed by atoms with E-state index in [1.807, 2.05) is 23.9 Å². The van der Waals surface area contributed by atoms with E-state index in [1.165, 1.54) is 5.56 Å². The van der Waals surface area contributed by atoms with Gasteiger partial charge in [0.05, 0.1) is 0 Å². The zero-order valence-corrected chi connectivity index (χ0v) is 9.94. The van der Waals surface area contributed by atoms with Gasteiger partial charge in [0, 0.05) is 16.0 Å². The lowest BCUT2D eigenvalue weighted by molar-refractivity contribution is 0.823. The fraction of sp³-hybridized carbons (Fsp3) is 0.455. The zero-order chi connectivity index (χ0) is 10.4. The molecule has 14 heavy (non-hydrogen) atoms. The minimum absolute atomic E-state index is 0.635. The highest BCUT2D eigenvalue weighted by atomic mass is 35.5. The Labute approximate surface area is 95.0 Å². The molecule has 0 aliphatic carbocycles. The molecule has 78 valence electrons. The molecule has 1 aromatic carbocycles. The van der Waals surface area contributed by atoms with E-state index in [-0.39, 0.29) is 0 Å². The van der Waals surface area contributed by atoms with Gasteiger partial charge in [-0.3, -0.25) is 0 Å². The number of halogens is 1. The van der Waals surface area contributed by atoms with Crippen molar-refractivity contribution in [1.29, 1.82) is 0 Å². The lowest BCUT2D eigenvalue weighted by Crippen LogP contribution is -2.07. The summed E-state index contributed by atoms with van der Waals surface area (Å²) in [5.74, 6) is 1.04. The maximum atomic E-state index is 5.80. The second-order valence-corrected chi connectivity index (χ2v) is 5.19. The minimum atomic E-state index is 0.635. The summed E-state index contributed by atoms with van der Waals surface area (Å²) in [6, 6.07) is 8.02. The number of rotatable bonds is 5. The second kappa shape index (κ2) is 6.33. The van der Waals surface area contributed by atoms with E-state index in [9.17, 15) is 0 Å². The van der Waals surface area contributed by atoms with E-state index in [2.05, 4.69) is 19.1 Å². The van der Waals surface area contributed by atoms with Crippen molar-refractivity contribution >= 4 is 23.4 Å². The van der Waals surface area contributed by atoms with Crippen LogP contribution < -0.4 is 5.73 Å². The lowest BCUT2D eigenvalue weighted by atomic mass is 10.2. The van der Waals surface area contributed by atoms with Crippen LogP contribution in [0.2, 0.25) is 5.02 Å². The minimum Gasteiger partial charge on any atom is -0.330 e. The highest BCUT2D eigenvalue weighted by molar-refractivity contribution is 7.99. The van der Waals surface area contributed by atoms with Crippen LogP contribution in [0, 0.1) is 0 Å². The van der Waals surface area contributed by atoms with E-state index in [4.69, 9.17) is 17.3 Å². The molecule has 0 saturated carbocycles.